The second kappa shape index (κ2) is 8.02. The van der Waals surface area contributed by atoms with Gasteiger partial charge in [-0.1, -0.05) is 0 Å². The van der Waals surface area contributed by atoms with Crippen LogP contribution in [0, 0.1) is 5.92 Å². The van der Waals surface area contributed by atoms with E-state index < -0.39 is 5.60 Å². The van der Waals surface area contributed by atoms with Crippen LogP contribution in [0.1, 0.15) is 33.6 Å². The first-order valence-electron chi connectivity index (χ1n) is 9.83. The fraction of sp³-hybridized carbons (Fsp3) is 0.450. The molecular formula is C20H24N6O3S. The Morgan fingerprint density at radius 1 is 1.33 bits per heavy atom. The number of carbonyl (C=O) groups excluding carboxylic acids is 2. The van der Waals surface area contributed by atoms with Crippen molar-refractivity contribution < 1.29 is 14.3 Å². The van der Waals surface area contributed by atoms with Crippen molar-refractivity contribution in [3.63, 3.8) is 0 Å². The van der Waals surface area contributed by atoms with Gasteiger partial charge in [-0.05, 0) is 39.7 Å². The van der Waals surface area contributed by atoms with Crippen molar-refractivity contribution in [2.45, 2.75) is 39.2 Å². The third kappa shape index (κ3) is 4.43. The van der Waals surface area contributed by atoms with Gasteiger partial charge >= 0.3 is 6.09 Å². The second-order valence-electron chi connectivity index (χ2n) is 8.25. The molecule has 2 N–H and O–H groups in total. The summed E-state index contributed by atoms with van der Waals surface area (Å²) in [6.45, 7) is 6.43. The zero-order valence-corrected chi connectivity index (χ0v) is 18.0. The lowest BCUT2D eigenvalue weighted by molar-refractivity contribution is -0.121. The van der Waals surface area contributed by atoms with Gasteiger partial charge in [-0.2, -0.15) is 0 Å². The SMILES string of the molecule is CC(C)(C)OC(=O)N1CCCC(C(=O)Nc2nc(-c3ncnc4[nH]ccc34)cs2)C1. The number of amides is 2. The summed E-state index contributed by atoms with van der Waals surface area (Å²) in [7, 11) is 0. The molecule has 0 aromatic carbocycles. The number of thiazole rings is 1. The van der Waals surface area contributed by atoms with Crippen LogP contribution in [0.25, 0.3) is 22.4 Å². The number of piperidine rings is 1. The van der Waals surface area contributed by atoms with Crippen LogP contribution in [-0.2, 0) is 9.53 Å². The maximum Gasteiger partial charge on any atom is 0.410 e. The molecule has 0 saturated carbocycles. The lowest BCUT2D eigenvalue weighted by Crippen LogP contribution is -2.45. The molecule has 1 fully saturated rings. The lowest BCUT2D eigenvalue weighted by atomic mass is 9.97. The maximum absolute atomic E-state index is 12.8. The fourth-order valence-electron chi connectivity index (χ4n) is 3.41. The number of hydrogen-bond acceptors (Lipinski definition) is 7. The van der Waals surface area contributed by atoms with Gasteiger partial charge in [-0.3, -0.25) is 4.79 Å². The highest BCUT2D eigenvalue weighted by Crippen LogP contribution is 2.29. The van der Waals surface area contributed by atoms with E-state index in [4.69, 9.17) is 4.74 Å². The molecule has 2 amide bonds. The number of nitrogens with zero attached hydrogens (tertiary/aromatic N) is 4. The number of H-pyrrole nitrogens is 1. The van der Waals surface area contributed by atoms with Gasteiger partial charge in [-0.25, -0.2) is 19.7 Å². The Morgan fingerprint density at radius 2 is 2.17 bits per heavy atom. The highest BCUT2D eigenvalue weighted by Gasteiger charge is 2.31. The van der Waals surface area contributed by atoms with Crippen LogP contribution < -0.4 is 5.32 Å². The molecule has 0 spiro atoms. The van der Waals surface area contributed by atoms with E-state index >= 15 is 0 Å². The standard InChI is InChI=1S/C20H24N6O3S/c1-20(2,3)29-19(28)26-8-4-5-12(9-26)17(27)25-18-24-14(10-30-18)15-13-6-7-21-16(13)23-11-22-15/h6-7,10-12H,4-5,8-9H2,1-3H3,(H,21,22,23)(H,24,25,27). The van der Waals surface area contributed by atoms with Gasteiger partial charge in [0.2, 0.25) is 5.91 Å². The van der Waals surface area contributed by atoms with E-state index in [9.17, 15) is 9.59 Å². The van der Waals surface area contributed by atoms with E-state index in [0.717, 1.165) is 23.9 Å². The molecule has 4 rings (SSSR count). The largest absolute Gasteiger partial charge is 0.444 e. The highest BCUT2D eigenvalue weighted by molar-refractivity contribution is 7.14. The van der Waals surface area contributed by atoms with Crippen molar-refractivity contribution in [1.82, 2.24) is 24.8 Å². The van der Waals surface area contributed by atoms with Crippen molar-refractivity contribution in [3.05, 3.63) is 24.0 Å². The van der Waals surface area contributed by atoms with Crippen molar-refractivity contribution in [1.29, 1.82) is 0 Å². The summed E-state index contributed by atoms with van der Waals surface area (Å²) >= 11 is 1.34. The first-order chi connectivity index (χ1) is 14.3. The number of fused-ring (bicyclic) bond motifs is 1. The van der Waals surface area contributed by atoms with Crippen molar-refractivity contribution in [2.24, 2.45) is 5.92 Å². The number of likely N-dealkylation sites (tertiary alicyclic amines) is 1. The molecule has 0 bridgehead atoms. The smallest absolute Gasteiger partial charge is 0.410 e. The molecule has 0 radical (unpaired) electrons. The summed E-state index contributed by atoms with van der Waals surface area (Å²) in [5, 5.41) is 6.13. The van der Waals surface area contributed by atoms with E-state index in [2.05, 4.69) is 25.3 Å². The van der Waals surface area contributed by atoms with Crippen LogP contribution >= 0.6 is 11.3 Å². The minimum atomic E-state index is -0.560. The number of rotatable bonds is 3. The summed E-state index contributed by atoms with van der Waals surface area (Å²) in [6.07, 6.45) is 4.39. The van der Waals surface area contributed by atoms with Crippen LogP contribution in [0.2, 0.25) is 0 Å². The van der Waals surface area contributed by atoms with E-state index in [1.165, 1.54) is 17.7 Å². The van der Waals surface area contributed by atoms with Gasteiger partial charge in [0.05, 0.1) is 5.92 Å². The molecule has 30 heavy (non-hydrogen) atoms. The molecule has 4 heterocycles. The zero-order chi connectivity index (χ0) is 21.3. The van der Waals surface area contributed by atoms with Crippen LogP contribution in [0.3, 0.4) is 0 Å². The number of hydrogen-bond donors (Lipinski definition) is 2. The molecule has 158 valence electrons. The normalized spacial score (nSPS) is 17.2. The number of anilines is 1. The average Bonchev–Trinajstić information content (AvgIpc) is 3.36. The fourth-order valence-corrected chi connectivity index (χ4v) is 4.11. The van der Waals surface area contributed by atoms with Gasteiger partial charge in [0, 0.05) is 30.1 Å². The van der Waals surface area contributed by atoms with Gasteiger partial charge < -0.3 is 19.9 Å². The summed E-state index contributed by atoms with van der Waals surface area (Å²) < 4.78 is 5.43. The Balaban J connectivity index is 1.42. The molecule has 0 aliphatic carbocycles. The Bertz CT molecular complexity index is 1070. The molecule has 1 aliphatic rings. The van der Waals surface area contributed by atoms with Crippen molar-refractivity contribution in [3.8, 4) is 11.4 Å². The Morgan fingerprint density at radius 3 is 2.97 bits per heavy atom. The van der Waals surface area contributed by atoms with E-state index in [1.807, 2.05) is 32.2 Å². The Labute approximate surface area is 177 Å². The topological polar surface area (TPSA) is 113 Å². The molecule has 1 aliphatic heterocycles. The number of nitrogens with one attached hydrogen (secondary N) is 2. The minimum absolute atomic E-state index is 0.140. The quantitative estimate of drug-likeness (QED) is 0.658. The Kier molecular flexibility index (Phi) is 5.42. The first kappa shape index (κ1) is 20.3. The highest BCUT2D eigenvalue weighted by atomic mass is 32.1. The summed E-state index contributed by atoms with van der Waals surface area (Å²) in [4.78, 5) is 42.8. The van der Waals surface area contributed by atoms with E-state index in [1.54, 1.807) is 11.1 Å². The molecular weight excluding hydrogens is 404 g/mol. The van der Waals surface area contributed by atoms with Gasteiger partial charge in [-0.15, -0.1) is 11.3 Å². The van der Waals surface area contributed by atoms with Crippen molar-refractivity contribution in [2.75, 3.05) is 18.4 Å². The number of carbonyl (C=O) groups is 2. The zero-order valence-electron chi connectivity index (χ0n) is 17.1. The maximum atomic E-state index is 12.8. The van der Waals surface area contributed by atoms with Crippen molar-refractivity contribution >= 4 is 39.5 Å². The summed E-state index contributed by atoms with van der Waals surface area (Å²) in [5.74, 6) is -0.437. The first-order valence-corrected chi connectivity index (χ1v) is 10.7. The summed E-state index contributed by atoms with van der Waals surface area (Å²) in [5.41, 5.74) is 1.58. The molecule has 3 aromatic rings. The average molecular weight is 429 g/mol. The van der Waals surface area contributed by atoms with Gasteiger partial charge in [0.15, 0.2) is 5.13 Å². The van der Waals surface area contributed by atoms with Gasteiger partial charge in [0.25, 0.3) is 0 Å². The Hall–Kier alpha value is -3.01. The van der Waals surface area contributed by atoms with Gasteiger partial charge in [0.1, 0.15) is 29.0 Å². The second-order valence-corrected chi connectivity index (χ2v) is 9.11. The van der Waals surface area contributed by atoms with Crippen LogP contribution in [0.5, 0.6) is 0 Å². The third-order valence-corrected chi connectivity index (χ3v) is 5.53. The monoisotopic (exact) mass is 428 g/mol. The van der Waals surface area contributed by atoms with Crippen LogP contribution in [0.15, 0.2) is 24.0 Å². The third-order valence-electron chi connectivity index (χ3n) is 4.77. The number of aromatic nitrogens is 4. The predicted molar refractivity (Wildman–Crippen MR) is 114 cm³/mol. The molecule has 1 saturated heterocycles. The lowest BCUT2D eigenvalue weighted by Gasteiger charge is -2.33. The minimum Gasteiger partial charge on any atom is -0.444 e. The number of ether oxygens (including phenoxy) is 1. The molecule has 1 unspecified atom stereocenters. The van der Waals surface area contributed by atoms with Crippen LogP contribution in [-0.4, -0.2) is 55.5 Å². The van der Waals surface area contributed by atoms with E-state index in [0.29, 0.717) is 29.6 Å². The molecule has 9 nitrogen and oxygen atoms in total. The molecule has 3 aromatic heterocycles. The number of aromatic amines is 1. The molecule has 1 atom stereocenters. The predicted octanol–water partition coefficient (Wildman–Crippen LogP) is 3.67. The molecule has 10 heteroatoms. The van der Waals surface area contributed by atoms with E-state index in [-0.39, 0.29) is 17.9 Å². The van der Waals surface area contributed by atoms with Crippen LogP contribution in [0.4, 0.5) is 9.93 Å². The summed E-state index contributed by atoms with van der Waals surface area (Å²) in [6, 6.07) is 1.90.